The van der Waals surface area contributed by atoms with Gasteiger partial charge in [0.05, 0.1) is 5.41 Å². The lowest BCUT2D eigenvalue weighted by atomic mass is 9.68. The molecule has 1 aliphatic rings. The minimum absolute atomic E-state index is 0.193. The van der Waals surface area contributed by atoms with Gasteiger partial charge in [-0.15, -0.1) is 0 Å². The van der Waals surface area contributed by atoms with Crippen LogP contribution in [0.2, 0.25) is 0 Å². The van der Waals surface area contributed by atoms with E-state index in [0.29, 0.717) is 6.54 Å². The molecule has 15 heavy (non-hydrogen) atoms. The highest BCUT2D eigenvalue weighted by Crippen LogP contribution is 2.41. The van der Waals surface area contributed by atoms with Gasteiger partial charge in [-0.1, -0.05) is 26.2 Å². The molecule has 1 rings (SSSR count). The molecular formula is C12H24N2O. The van der Waals surface area contributed by atoms with Gasteiger partial charge in [-0.2, -0.15) is 0 Å². The van der Waals surface area contributed by atoms with E-state index >= 15 is 0 Å². The molecule has 3 nitrogen and oxygen atoms in total. The molecule has 2 N–H and O–H groups in total. The summed E-state index contributed by atoms with van der Waals surface area (Å²) in [6.07, 6.45) is 6.64. The molecule has 0 radical (unpaired) electrons. The molecule has 0 aromatic carbocycles. The van der Waals surface area contributed by atoms with Crippen LogP contribution in [0.3, 0.4) is 0 Å². The lowest BCUT2D eigenvalue weighted by molar-refractivity contribution is -0.145. The first kappa shape index (κ1) is 12.5. The van der Waals surface area contributed by atoms with E-state index in [2.05, 4.69) is 6.92 Å². The Balaban J connectivity index is 2.37. The highest BCUT2D eigenvalue weighted by Gasteiger charge is 2.44. The van der Waals surface area contributed by atoms with E-state index < -0.39 is 0 Å². The Kier molecular flexibility index (Phi) is 4.58. The Labute approximate surface area is 93.0 Å². The third-order valence-corrected chi connectivity index (χ3v) is 3.60. The van der Waals surface area contributed by atoms with Gasteiger partial charge in [0.2, 0.25) is 5.91 Å². The van der Waals surface area contributed by atoms with Gasteiger partial charge in [0.15, 0.2) is 0 Å². The van der Waals surface area contributed by atoms with Crippen LogP contribution in [-0.4, -0.2) is 30.9 Å². The zero-order chi connectivity index (χ0) is 11.3. The van der Waals surface area contributed by atoms with Crippen LogP contribution in [-0.2, 0) is 4.79 Å². The van der Waals surface area contributed by atoms with Crippen LogP contribution in [0.5, 0.6) is 0 Å². The number of nitrogens with two attached hydrogens (primary N) is 1. The second kappa shape index (κ2) is 5.50. The molecule has 0 aliphatic heterocycles. The predicted octanol–water partition coefficient (Wildman–Crippen LogP) is 1.76. The third-order valence-electron chi connectivity index (χ3n) is 3.60. The SMILES string of the molecule is CCCCCN(C)C(=O)C1(CN)CCC1. The van der Waals surface area contributed by atoms with E-state index in [0.717, 1.165) is 32.2 Å². The fraction of sp³-hybridized carbons (Fsp3) is 0.917. The third kappa shape index (κ3) is 2.71. The smallest absolute Gasteiger partial charge is 0.229 e. The average Bonchev–Trinajstić information content (AvgIpc) is 2.17. The topological polar surface area (TPSA) is 46.3 Å². The summed E-state index contributed by atoms with van der Waals surface area (Å²) in [5, 5.41) is 0. The maximum atomic E-state index is 12.1. The van der Waals surface area contributed by atoms with Crippen LogP contribution in [0.25, 0.3) is 0 Å². The summed E-state index contributed by atoms with van der Waals surface area (Å²) in [5.41, 5.74) is 5.52. The number of nitrogens with zero attached hydrogens (tertiary/aromatic N) is 1. The highest BCUT2D eigenvalue weighted by atomic mass is 16.2. The molecule has 0 atom stereocenters. The monoisotopic (exact) mass is 212 g/mol. The number of amides is 1. The van der Waals surface area contributed by atoms with Gasteiger partial charge in [-0.3, -0.25) is 4.79 Å². The molecule has 0 aromatic rings. The minimum atomic E-state index is -0.193. The van der Waals surface area contributed by atoms with E-state index in [4.69, 9.17) is 5.73 Å². The van der Waals surface area contributed by atoms with Gasteiger partial charge in [-0.25, -0.2) is 0 Å². The Bertz CT molecular complexity index is 206. The first-order chi connectivity index (χ1) is 7.16. The molecule has 1 saturated carbocycles. The summed E-state index contributed by atoms with van der Waals surface area (Å²) in [6.45, 7) is 3.58. The van der Waals surface area contributed by atoms with Crippen molar-refractivity contribution in [3.05, 3.63) is 0 Å². The second-order valence-corrected chi connectivity index (χ2v) is 4.77. The minimum Gasteiger partial charge on any atom is -0.345 e. The second-order valence-electron chi connectivity index (χ2n) is 4.77. The van der Waals surface area contributed by atoms with E-state index in [1.165, 1.54) is 12.8 Å². The van der Waals surface area contributed by atoms with Crippen LogP contribution in [0.4, 0.5) is 0 Å². The highest BCUT2D eigenvalue weighted by molar-refractivity contribution is 5.83. The maximum Gasteiger partial charge on any atom is 0.229 e. The Morgan fingerprint density at radius 1 is 1.40 bits per heavy atom. The lowest BCUT2D eigenvalue weighted by Gasteiger charge is -2.41. The molecule has 0 saturated heterocycles. The Hall–Kier alpha value is -0.570. The van der Waals surface area contributed by atoms with Crippen LogP contribution in [0.1, 0.15) is 45.4 Å². The number of hydrogen-bond donors (Lipinski definition) is 1. The van der Waals surface area contributed by atoms with E-state index in [1.54, 1.807) is 0 Å². The normalized spacial score (nSPS) is 18.3. The zero-order valence-electron chi connectivity index (χ0n) is 10.1. The zero-order valence-corrected chi connectivity index (χ0v) is 10.1. The van der Waals surface area contributed by atoms with Gasteiger partial charge in [0.1, 0.15) is 0 Å². The van der Waals surface area contributed by atoms with Crippen LogP contribution >= 0.6 is 0 Å². The van der Waals surface area contributed by atoms with Crippen molar-refractivity contribution in [2.45, 2.75) is 45.4 Å². The summed E-state index contributed by atoms with van der Waals surface area (Å²) in [5.74, 6) is 0.271. The van der Waals surface area contributed by atoms with Gasteiger partial charge < -0.3 is 10.6 Å². The number of unbranched alkanes of at least 4 members (excludes halogenated alkanes) is 2. The van der Waals surface area contributed by atoms with Crippen molar-refractivity contribution in [3.8, 4) is 0 Å². The van der Waals surface area contributed by atoms with Crippen molar-refractivity contribution in [1.29, 1.82) is 0 Å². The number of hydrogen-bond acceptors (Lipinski definition) is 2. The van der Waals surface area contributed by atoms with Gasteiger partial charge >= 0.3 is 0 Å². The molecular weight excluding hydrogens is 188 g/mol. The lowest BCUT2D eigenvalue weighted by Crippen LogP contribution is -2.51. The van der Waals surface area contributed by atoms with Gasteiger partial charge in [-0.05, 0) is 19.3 Å². The summed E-state index contributed by atoms with van der Waals surface area (Å²) < 4.78 is 0. The summed E-state index contributed by atoms with van der Waals surface area (Å²) in [6, 6.07) is 0. The number of rotatable bonds is 6. The standard InChI is InChI=1S/C12H24N2O/c1-3-4-5-9-14(2)11(15)12(10-13)7-6-8-12/h3-10,13H2,1-2H3. The van der Waals surface area contributed by atoms with Crippen molar-refractivity contribution in [1.82, 2.24) is 4.90 Å². The molecule has 88 valence electrons. The van der Waals surface area contributed by atoms with E-state index in [1.807, 2.05) is 11.9 Å². The van der Waals surface area contributed by atoms with Crippen molar-refractivity contribution < 1.29 is 4.79 Å². The number of carbonyl (C=O) groups is 1. The summed E-state index contributed by atoms with van der Waals surface area (Å²) in [7, 11) is 1.91. The fourth-order valence-electron chi connectivity index (χ4n) is 2.21. The molecule has 3 heteroatoms. The maximum absolute atomic E-state index is 12.1. The molecule has 0 unspecified atom stereocenters. The molecule has 1 aliphatic carbocycles. The Morgan fingerprint density at radius 3 is 2.47 bits per heavy atom. The van der Waals surface area contributed by atoms with Gasteiger partial charge in [0.25, 0.3) is 0 Å². The first-order valence-corrected chi connectivity index (χ1v) is 6.12. The molecule has 0 heterocycles. The summed E-state index contributed by atoms with van der Waals surface area (Å²) in [4.78, 5) is 14.0. The Morgan fingerprint density at radius 2 is 2.07 bits per heavy atom. The molecule has 0 bridgehead atoms. The van der Waals surface area contributed by atoms with Crippen molar-refractivity contribution in [2.24, 2.45) is 11.1 Å². The molecule has 0 aromatic heterocycles. The van der Waals surface area contributed by atoms with Crippen molar-refractivity contribution in [3.63, 3.8) is 0 Å². The van der Waals surface area contributed by atoms with Crippen LogP contribution in [0, 0.1) is 5.41 Å². The van der Waals surface area contributed by atoms with Crippen molar-refractivity contribution >= 4 is 5.91 Å². The van der Waals surface area contributed by atoms with E-state index in [-0.39, 0.29) is 11.3 Å². The van der Waals surface area contributed by atoms with Crippen molar-refractivity contribution in [2.75, 3.05) is 20.1 Å². The number of carbonyl (C=O) groups excluding carboxylic acids is 1. The van der Waals surface area contributed by atoms with E-state index in [9.17, 15) is 4.79 Å². The van der Waals surface area contributed by atoms with Gasteiger partial charge in [0, 0.05) is 20.1 Å². The molecule has 1 fully saturated rings. The quantitative estimate of drug-likeness (QED) is 0.682. The first-order valence-electron chi connectivity index (χ1n) is 6.12. The predicted molar refractivity (Wildman–Crippen MR) is 62.5 cm³/mol. The summed E-state index contributed by atoms with van der Waals surface area (Å²) >= 11 is 0. The van der Waals surface area contributed by atoms with Crippen LogP contribution < -0.4 is 5.73 Å². The van der Waals surface area contributed by atoms with Crippen LogP contribution in [0.15, 0.2) is 0 Å². The fourth-order valence-corrected chi connectivity index (χ4v) is 2.21. The molecule has 1 amide bonds. The molecule has 0 spiro atoms. The average molecular weight is 212 g/mol. The largest absolute Gasteiger partial charge is 0.345 e.